The number of nitrogens with one attached hydrogen (secondary N) is 2. The lowest BCUT2D eigenvalue weighted by Crippen LogP contribution is -2.53. The molecule has 140 valence electrons. The van der Waals surface area contributed by atoms with E-state index < -0.39 is 11.9 Å². The van der Waals surface area contributed by atoms with E-state index in [9.17, 15) is 14.4 Å². The van der Waals surface area contributed by atoms with E-state index >= 15 is 0 Å². The summed E-state index contributed by atoms with van der Waals surface area (Å²) in [5.74, 6) is -1.74. The molecule has 3 N–H and O–H groups in total. The number of likely N-dealkylation sites (tertiary alicyclic amines) is 1. The van der Waals surface area contributed by atoms with Gasteiger partial charge in [-0.25, -0.2) is 4.79 Å². The molecule has 0 radical (unpaired) electrons. The lowest BCUT2D eigenvalue weighted by atomic mass is 9.72. The van der Waals surface area contributed by atoms with E-state index in [1.54, 1.807) is 4.90 Å². The molecule has 0 aromatic carbocycles. The normalized spacial score (nSPS) is 28.1. The molecule has 0 spiro atoms. The van der Waals surface area contributed by atoms with Crippen LogP contribution >= 0.6 is 0 Å². The zero-order valence-electron chi connectivity index (χ0n) is 14.7. The maximum absolute atomic E-state index is 12.4. The van der Waals surface area contributed by atoms with Crippen LogP contribution in [0.3, 0.4) is 0 Å². The highest BCUT2D eigenvalue weighted by atomic mass is 16.4. The fourth-order valence-corrected chi connectivity index (χ4v) is 4.23. The van der Waals surface area contributed by atoms with Crippen LogP contribution in [0.1, 0.15) is 57.8 Å². The monoisotopic (exact) mass is 351 g/mol. The second-order valence-corrected chi connectivity index (χ2v) is 7.68. The number of urea groups is 1. The van der Waals surface area contributed by atoms with Gasteiger partial charge in [0, 0.05) is 25.2 Å². The molecule has 3 aliphatic rings. The summed E-state index contributed by atoms with van der Waals surface area (Å²) in [4.78, 5) is 37.4. The van der Waals surface area contributed by atoms with Crippen molar-refractivity contribution in [2.24, 2.45) is 11.8 Å². The largest absolute Gasteiger partial charge is 0.481 e. The van der Waals surface area contributed by atoms with Gasteiger partial charge in [-0.3, -0.25) is 9.59 Å². The number of carbonyl (C=O) groups is 3. The van der Waals surface area contributed by atoms with E-state index in [0.29, 0.717) is 32.0 Å². The van der Waals surface area contributed by atoms with Crippen LogP contribution in [0.15, 0.2) is 0 Å². The van der Waals surface area contributed by atoms with Crippen LogP contribution in [0.5, 0.6) is 0 Å². The summed E-state index contributed by atoms with van der Waals surface area (Å²) in [5.41, 5.74) is 0. The van der Waals surface area contributed by atoms with Crippen LogP contribution in [0.25, 0.3) is 0 Å². The van der Waals surface area contributed by atoms with Gasteiger partial charge >= 0.3 is 12.0 Å². The van der Waals surface area contributed by atoms with Crippen LogP contribution in [0.4, 0.5) is 4.79 Å². The number of amides is 3. The van der Waals surface area contributed by atoms with Crippen LogP contribution in [0, 0.1) is 11.8 Å². The predicted molar refractivity (Wildman–Crippen MR) is 92.0 cm³/mol. The van der Waals surface area contributed by atoms with Crippen molar-refractivity contribution in [1.82, 2.24) is 15.5 Å². The number of hydrogen-bond acceptors (Lipinski definition) is 3. The molecule has 0 bridgehead atoms. The third-order valence-corrected chi connectivity index (χ3v) is 5.99. The van der Waals surface area contributed by atoms with Crippen molar-refractivity contribution in [2.45, 2.75) is 69.9 Å². The molecule has 2 saturated carbocycles. The molecule has 1 saturated heterocycles. The molecule has 0 aromatic rings. The van der Waals surface area contributed by atoms with Gasteiger partial charge in [-0.05, 0) is 38.5 Å². The first-order valence-electron chi connectivity index (χ1n) is 9.63. The Hall–Kier alpha value is -1.79. The molecule has 2 aliphatic carbocycles. The SMILES string of the molecule is O=C(NC1CCCCC1)NC1CCN(C(=O)C2CCC2C(=O)O)CC1. The first-order chi connectivity index (χ1) is 12.0. The summed E-state index contributed by atoms with van der Waals surface area (Å²) in [7, 11) is 0. The molecule has 1 heterocycles. The standard InChI is InChI=1S/C18H29N3O4/c22-16(14-6-7-15(14)17(23)24)21-10-8-13(9-11-21)20-18(25)19-12-4-2-1-3-5-12/h12-15H,1-11H2,(H,23,24)(H2,19,20,25). The van der Waals surface area contributed by atoms with E-state index in [1.165, 1.54) is 19.3 Å². The minimum atomic E-state index is -0.861. The van der Waals surface area contributed by atoms with Gasteiger partial charge in [0.05, 0.1) is 11.8 Å². The second kappa shape index (κ2) is 8.06. The van der Waals surface area contributed by atoms with Gasteiger partial charge in [0.1, 0.15) is 0 Å². The zero-order chi connectivity index (χ0) is 17.8. The number of aliphatic carboxylic acids is 1. The number of carboxylic acids is 1. The van der Waals surface area contributed by atoms with E-state index in [-0.39, 0.29) is 23.9 Å². The summed E-state index contributed by atoms with van der Waals surface area (Å²) >= 11 is 0. The minimum absolute atomic E-state index is 0.0243. The average Bonchev–Trinajstić information content (AvgIpc) is 2.54. The summed E-state index contributed by atoms with van der Waals surface area (Å²) in [6.07, 6.45) is 8.49. The molecule has 7 nitrogen and oxygen atoms in total. The van der Waals surface area contributed by atoms with Gasteiger partial charge in [0.15, 0.2) is 0 Å². The second-order valence-electron chi connectivity index (χ2n) is 7.68. The smallest absolute Gasteiger partial charge is 0.315 e. The van der Waals surface area contributed by atoms with Crippen LogP contribution in [0.2, 0.25) is 0 Å². The summed E-state index contributed by atoms with van der Waals surface area (Å²) in [6.45, 7) is 1.19. The Balaban J connectivity index is 1.39. The molecule has 2 atom stereocenters. The molecule has 25 heavy (non-hydrogen) atoms. The topological polar surface area (TPSA) is 98.7 Å². The van der Waals surface area contributed by atoms with Gasteiger partial charge in [-0.1, -0.05) is 19.3 Å². The summed E-state index contributed by atoms with van der Waals surface area (Å²) < 4.78 is 0. The predicted octanol–water partition coefficient (Wildman–Crippen LogP) is 1.72. The Morgan fingerprint density at radius 2 is 1.32 bits per heavy atom. The number of carboxylic acid groups (broad SMARTS) is 1. The van der Waals surface area contributed by atoms with Crippen molar-refractivity contribution < 1.29 is 19.5 Å². The van der Waals surface area contributed by atoms with E-state index in [4.69, 9.17) is 5.11 Å². The number of rotatable bonds is 4. The maximum atomic E-state index is 12.4. The number of nitrogens with zero attached hydrogens (tertiary/aromatic N) is 1. The molecule has 3 rings (SSSR count). The van der Waals surface area contributed by atoms with E-state index in [2.05, 4.69) is 10.6 Å². The van der Waals surface area contributed by atoms with Crippen molar-refractivity contribution in [3.05, 3.63) is 0 Å². The van der Waals surface area contributed by atoms with Gasteiger partial charge < -0.3 is 20.6 Å². The van der Waals surface area contributed by atoms with Gasteiger partial charge in [0.25, 0.3) is 0 Å². The van der Waals surface area contributed by atoms with E-state index in [1.807, 2.05) is 0 Å². The highest BCUT2D eigenvalue weighted by Crippen LogP contribution is 2.36. The molecular weight excluding hydrogens is 322 g/mol. The Labute approximate surface area is 148 Å². The van der Waals surface area contributed by atoms with Crippen molar-refractivity contribution in [2.75, 3.05) is 13.1 Å². The van der Waals surface area contributed by atoms with Crippen LogP contribution < -0.4 is 10.6 Å². The van der Waals surface area contributed by atoms with Crippen molar-refractivity contribution in [1.29, 1.82) is 0 Å². The number of piperidine rings is 1. The third kappa shape index (κ3) is 4.44. The zero-order valence-corrected chi connectivity index (χ0v) is 14.7. The average molecular weight is 351 g/mol. The Morgan fingerprint density at radius 3 is 1.84 bits per heavy atom. The lowest BCUT2D eigenvalue weighted by Gasteiger charge is -2.39. The summed E-state index contributed by atoms with van der Waals surface area (Å²) in [5, 5.41) is 15.2. The maximum Gasteiger partial charge on any atom is 0.315 e. The first kappa shape index (κ1) is 18.0. The highest BCUT2D eigenvalue weighted by molar-refractivity contribution is 5.86. The molecular formula is C18H29N3O4. The number of carbonyl (C=O) groups excluding carboxylic acids is 2. The quantitative estimate of drug-likeness (QED) is 0.718. The fourth-order valence-electron chi connectivity index (χ4n) is 4.23. The van der Waals surface area contributed by atoms with Crippen LogP contribution in [-0.2, 0) is 9.59 Å². The Morgan fingerprint density at radius 1 is 0.760 bits per heavy atom. The van der Waals surface area contributed by atoms with Gasteiger partial charge in [-0.2, -0.15) is 0 Å². The number of hydrogen-bond donors (Lipinski definition) is 3. The van der Waals surface area contributed by atoms with E-state index in [0.717, 1.165) is 25.7 Å². The summed E-state index contributed by atoms with van der Waals surface area (Å²) in [6, 6.07) is 0.285. The van der Waals surface area contributed by atoms with Crippen molar-refractivity contribution in [3.8, 4) is 0 Å². The molecule has 0 aromatic heterocycles. The third-order valence-electron chi connectivity index (χ3n) is 5.99. The Bertz CT molecular complexity index is 510. The fraction of sp³-hybridized carbons (Fsp3) is 0.833. The lowest BCUT2D eigenvalue weighted by molar-refractivity contribution is -0.157. The molecule has 3 fully saturated rings. The van der Waals surface area contributed by atoms with Gasteiger partial charge in [0.2, 0.25) is 5.91 Å². The van der Waals surface area contributed by atoms with Crippen molar-refractivity contribution in [3.63, 3.8) is 0 Å². The minimum Gasteiger partial charge on any atom is -0.481 e. The first-order valence-corrected chi connectivity index (χ1v) is 9.63. The van der Waals surface area contributed by atoms with Crippen LogP contribution in [-0.4, -0.2) is 53.1 Å². The Kier molecular flexibility index (Phi) is 5.81. The molecule has 3 amide bonds. The molecule has 7 heteroatoms. The van der Waals surface area contributed by atoms with Crippen molar-refractivity contribution >= 4 is 17.9 Å². The highest BCUT2D eigenvalue weighted by Gasteiger charge is 2.43. The molecule has 2 unspecified atom stereocenters. The molecule has 1 aliphatic heterocycles. The van der Waals surface area contributed by atoms with Gasteiger partial charge in [-0.15, -0.1) is 0 Å².